The lowest BCUT2D eigenvalue weighted by Crippen LogP contribution is -2.55. The number of likely N-dealkylation sites (N-methyl/N-ethyl adjacent to an activating group) is 1. The average molecular weight is 488 g/mol. The molecule has 11 heteroatoms. The quantitative estimate of drug-likeness (QED) is 0.514. The molecular weight excluding hydrogens is 458 g/mol. The second kappa shape index (κ2) is 8.55. The first kappa shape index (κ1) is 23.7. The van der Waals surface area contributed by atoms with Crippen molar-refractivity contribution in [3.05, 3.63) is 42.2 Å². The van der Waals surface area contributed by atoms with Crippen molar-refractivity contribution in [1.82, 2.24) is 34.3 Å². The fourth-order valence-electron chi connectivity index (χ4n) is 5.16. The monoisotopic (exact) mass is 487 g/mol. The first-order chi connectivity index (χ1) is 17.1. The standard InChI is InChI=1S/C25H29N9O2/c1-24(2,3)16-34-18(12-17-14-29-19(13-26)30-20(17)34)15-33-21(35)25(31(4)23(33)36)6-10-32(11-7-25)22-27-8-5-9-28-22/h5,8-9,12,14H,6-7,10-11,15-16H2,1-4H3. The summed E-state index contributed by atoms with van der Waals surface area (Å²) in [6.07, 6.45) is 6.03. The van der Waals surface area contributed by atoms with Crippen LogP contribution >= 0.6 is 0 Å². The number of nitriles is 1. The van der Waals surface area contributed by atoms with Gasteiger partial charge in [-0.1, -0.05) is 20.8 Å². The van der Waals surface area contributed by atoms with Gasteiger partial charge in [0.25, 0.3) is 5.91 Å². The van der Waals surface area contributed by atoms with E-state index in [1.807, 2.05) is 21.6 Å². The first-order valence-electron chi connectivity index (χ1n) is 12.0. The summed E-state index contributed by atoms with van der Waals surface area (Å²) in [7, 11) is 1.71. The lowest BCUT2D eigenvalue weighted by atomic mass is 9.86. The Bertz CT molecular complexity index is 1360. The minimum absolute atomic E-state index is 0.0866. The van der Waals surface area contributed by atoms with Crippen LogP contribution in [0.4, 0.5) is 10.7 Å². The van der Waals surface area contributed by atoms with Crippen molar-refractivity contribution < 1.29 is 9.59 Å². The molecule has 0 bridgehead atoms. The molecule has 2 aliphatic heterocycles. The topological polar surface area (TPSA) is 124 Å². The molecule has 3 aromatic rings. The van der Waals surface area contributed by atoms with Crippen molar-refractivity contribution in [2.45, 2.75) is 52.2 Å². The zero-order valence-electron chi connectivity index (χ0n) is 21.0. The normalized spacial score (nSPS) is 17.9. The molecule has 0 saturated carbocycles. The highest BCUT2D eigenvalue weighted by Crippen LogP contribution is 2.38. The van der Waals surface area contributed by atoms with E-state index < -0.39 is 5.54 Å². The van der Waals surface area contributed by atoms with Crippen LogP contribution in [0, 0.1) is 16.7 Å². The van der Waals surface area contributed by atoms with Crippen LogP contribution in [0.5, 0.6) is 0 Å². The third-order valence-electron chi connectivity index (χ3n) is 7.00. The van der Waals surface area contributed by atoms with Crippen molar-refractivity contribution in [3.8, 4) is 6.07 Å². The molecule has 2 aliphatic rings. The average Bonchev–Trinajstić information content (AvgIpc) is 3.28. The van der Waals surface area contributed by atoms with Gasteiger partial charge < -0.3 is 14.4 Å². The van der Waals surface area contributed by atoms with E-state index in [1.54, 1.807) is 36.6 Å². The molecule has 0 atom stereocenters. The molecular formula is C25H29N9O2. The molecule has 11 nitrogen and oxygen atoms in total. The van der Waals surface area contributed by atoms with E-state index in [0.29, 0.717) is 44.1 Å². The molecule has 3 aromatic heterocycles. The van der Waals surface area contributed by atoms with Gasteiger partial charge in [0.05, 0.1) is 6.54 Å². The van der Waals surface area contributed by atoms with Crippen LogP contribution in [0.25, 0.3) is 11.0 Å². The number of carbonyl (C=O) groups is 2. The van der Waals surface area contributed by atoms with Crippen LogP contribution in [-0.2, 0) is 17.9 Å². The fraction of sp³-hybridized carbons (Fsp3) is 0.480. The lowest BCUT2D eigenvalue weighted by molar-refractivity contribution is -0.134. The van der Waals surface area contributed by atoms with E-state index in [-0.39, 0.29) is 29.7 Å². The van der Waals surface area contributed by atoms with Gasteiger partial charge in [-0.15, -0.1) is 0 Å². The number of piperidine rings is 1. The summed E-state index contributed by atoms with van der Waals surface area (Å²) in [6.45, 7) is 8.22. The predicted octanol–water partition coefficient (Wildman–Crippen LogP) is 2.57. The molecule has 0 N–H and O–H groups in total. The molecule has 186 valence electrons. The van der Waals surface area contributed by atoms with Crippen LogP contribution in [0.3, 0.4) is 0 Å². The van der Waals surface area contributed by atoms with E-state index in [1.165, 1.54) is 4.90 Å². The van der Waals surface area contributed by atoms with Gasteiger partial charge in [0.2, 0.25) is 11.8 Å². The van der Waals surface area contributed by atoms with Gasteiger partial charge in [-0.05, 0) is 30.4 Å². The van der Waals surface area contributed by atoms with Gasteiger partial charge in [-0.2, -0.15) is 5.26 Å². The van der Waals surface area contributed by atoms with Crippen molar-refractivity contribution in [3.63, 3.8) is 0 Å². The second-order valence-corrected chi connectivity index (χ2v) is 10.7. The summed E-state index contributed by atoms with van der Waals surface area (Å²) in [5.41, 5.74) is 0.440. The third kappa shape index (κ3) is 3.92. The summed E-state index contributed by atoms with van der Waals surface area (Å²) >= 11 is 0. The molecule has 1 spiro atoms. The van der Waals surface area contributed by atoms with Gasteiger partial charge >= 0.3 is 6.03 Å². The molecule has 0 unspecified atom stereocenters. The maximum Gasteiger partial charge on any atom is 0.327 e. The number of carbonyl (C=O) groups excluding carboxylic acids is 2. The molecule has 2 saturated heterocycles. The third-order valence-corrected chi connectivity index (χ3v) is 7.00. The number of hydrogen-bond donors (Lipinski definition) is 0. The Morgan fingerprint density at radius 3 is 2.44 bits per heavy atom. The summed E-state index contributed by atoms with van der Waals surface area (Å²) in [4.78, 5) is 49.3. The van der Waals surface area contributed by atoms with E-state index in [4.69, 9.17) is 0 Å². The summed E-state index contributed by atoms with van der Waals surface area (Å²) in [5.74, 6) is 0.539. The minimum Gasteiger partial charge on any atom is -0.341 e. The van der Waals surface area contributed by atoms with Gasteiger partial charge in [0.15, 0.2) is 0 Å². The van der Waals surface area contributed by atoms with E-state index in [0.717, 1.165) is 11.1 Å². The molecule has 3 amide bonds. The number of anilines is 1. The Balaban J connectivity index is 1.44. The number of rotatable bonds is 4. The molecule has 2 fully saturated rings. The predicted molar refractivity (Wildman–Crippen MR) is 132 cm³/mol. The Labute approximate surface area is 209 Å². The summed E-state index contributed by atoms with van der Waals surface area (Å²) < 4.78 is 2.00. The molecule has 5 rings (SSSR count). The Kier molecular flexibility index (Phi) is 5.62. The van der Waals surface area contributed by atoms with Crippen LogP contribution in [0.1, 0.15) is 45.1 Å². The number of nitrogens with zero attached hydrogens (tertiary/aromatic N) is 9. The molecule has 36 heavy (non-hydrogen) atoms. The highest BCUT2D eigenvalue weighted by molar-refractivity contribution is 6.07. The Morgan fingerprint density at radius 1 is 1.11 bits per heavy atom. The number of aromatic nitrogens is 5. The minimum atomic E-state index is -0.878. The van der Waals surface area contributed by atoms with E-state index in [2.05, 4.69) is 40.7 Å². The maximum absolute atomic E-state index is 13.8. The van der Waals surface area contributed by atoms with Gasteiger partial charge in [0, 0.05) is 56.4 Å². The maximum atomic E-state index is 13.8. The van der Waals surface area contributed by atoms with Gasteiger partial charge in [0.1, 0.15) is 17.3 Å². The number of imide groups is 1. The second-order valence-electron chi connectivity index (χ2n) is 10.7. The van der Waals surface area contributed by atoms with Crippen molar-refractivity contribution in [2.75, 3.05) is 25.0 Å². The van der Waals surface area contributed by atoms with Crippen molar-refractivity contribution in [2.24, 2.45) is 5.41 Å². The Hall–Kier alpha value is -4.07. The molecule has 0 radical (unpaired) electrons. The molecule has 0 aromatic carbocycles. The van der Waals surface area contributed by atoms with Crippen molar-refractivity contribution in [1.29, 1.82) is 5.26 Å². The van der Waals surface area contributed by atoms with Crippen LogP contribution in [-0.4, -0.2) is 71.9 Å². The first-order valence-corrected chi connectivity index (χ1v) is 12.0. The fourth-order valence-corrected chi connectivity index (χ4v) is 5.16. The zero-order valence-corrected chi connectivity index (χ0v) is 21.0. The number of fused-ring (bicyclic) bond motifs is 1. The van der Waals surface area contributed by atoms with E-state index >= 15 is 0 Å². The number of amides is 3. The van der Waals surface area contributed by atoms with Gasteiger partial charge in [-0.25, -0.2) is 24.7 Å². The van der Waals surface area contributed by atoms with Crippen LogP contribution in [0.2, 0.25) is 0 Å². The van der Waals surface area contributed by atoms with Gasteiger partial charge in [-0.3, -0.25) is 9.69 Å². The molecule has 0 aliphatic carbocycles. The number of urea groups is 1. The highest BCUT2D eigenvalue weighted by atomic mass is 16.2. The van der Waals surface area contributed by atoms with Crippen molar-refractivity contribution >= 4 is 28.9 Å². The zero-order chi connectivity index (χ0) is 25.7. The number of hydrogen-bond acceptors (Lipinski definition) is 8. The van der Waals surface area contributed by atoms with E-state index in [9.17, 15) is 14.9 Å². The lowest BCUT2D eigenvalue weighted by Gasteiger charge is -2.40. The molecule has 5 heterocycles. The van der Waals surface area contributed by atoms with Crippen LogP contribution in [0.15, 0.2) is 30.7 Å². The smallest absolute Gasteiger partial charge is 0.327 e. The SMILES string of the molecule is CN1C(=O)N(Cc2cc3cnc(C#N)nc3n2CC(C)(C)C)C(=O)C12CCN(c1ncccn1)CC2. The summed E-state index contributed by atoms with van der Waals surface area (Å²) in [5, 5.41) is 10.1. The Morgan fingerprint density at radius 2 is 1.81 bits per heavy atom. The highest BCUT2D eigenvalue weighted by Gasteiger charge is 2.56. The largest absolute Gasteiger partial charge is 0.341 e. The summed E-state index contributed by atoms with van der Waals surface area (Å²) in [6, 6.07) is 5.36. The van der Waals surface area contributed by atoms with Crippen LogP contribution < -0.4 is 4.90 Å².